The zero-order valence-electron chi connectivity index (χ0n) is 11.4. The van der Waals surface area contributed by atoms with Crippen molar-refractivity contribution in [2.45, 2.75) is 0 Å². The molecule has 2 N–H and O–H groups in total. The van der Waals surface area contributed by atoms with Gasteiger partial charge >= 0.3 is 0 Å². The predicted octanol–water partition coefficient (Wildman–Crippen LogP) is 3.08. The van der Waals surface area contributed by atoms with Gasteiger partial charge in [0.1, 0.15) is 5.82 Å². The third-order valence-electron chi connectivity index (χ3n) is 3.70. The van der Waals surface area contributed by atoms with Gasteiger partial charge in [-0.1, -0.05) is 24.3 Å². The maximum atomic E-state index is 13.1. The van der Waals surface area contributed by atoms with Crippen LogP contribution in [0, 0.1) is 5.82 Å². The Hall–Kier alpha value is -3.08. The Morgan fingerprint density at radius 1 is 0.864 bits per heavy atom. The second-order valence-corrected chi connectivity index (χ2v) is 5.04. The Morgan fingerprint density at radius 3 is 2.23 bits per heavy atom. The number of nitrogens with zero attached hydrogens (tertiary/aromatic N) is 2. The van der Waals surface area contributed by atoms with Gasteiger partial charge in [0.2, 0.25) is 5.95 Å². The molecule has 0 amide bonds. The lowest BCUT2D eigenvalue weighted by Crippen LogP contribution is -2.05. The molecule has 0 unspecified atom stereocenters. The molecule has 1 aliphatic carbocycles. The van der Waals surface area contributed by atoms with Crippen molar-refractivity contribution in [3.63, 3.8) is 0 Å². The Kier molecular flexibility index (Phi) is 2.56. The van der Waals surface area contributed by atoms with Gasteiger partial charge in [-0.15, -0.1) is 0 Å². The second kappa shape index (κ2) is 4.46. The predicted molar refractivity (Wildman–Crippen MR) is 80.7 cm³/mol. The van der Waals surface area contributed by atoms with Gasteiger partial charge < -0.3 is 5.73 Å². The molecule has 4 rings (SSSR count). The average Bonchev–Trinajstić information content (AvgIpc) is 2.81. The molecule has 106 valence electrons. The molecule has 2 aromatic carbocycles. The lowest BCUT2D eigenvalue weighted by molar-refractivity contribution is 0.104. The molecule has 0 saturated heterocycles. The normalized spacial score (nSPS) is 12.1. The quantitative estimate of drug-likeness (QED) is 0.585. The van der Waals surface area contributed by atoms with E-state index in [2.05, 4.69) is 9.97 Å². The average molecular weight is 291 g/mol. The van der Waals surface area contributed by atoms with E-state index in [1.807, 2.05) is 12.1 Å². The number of hydrogen-bond acceptors (Lipinski definition) is 4. The molecule has 0 saturated carbocycles. The molecular weight excluding hydrogens is 281 g/mol. The van der Waals surface area contributed by atoms with E-state index in [1.54, 1.807) is 24.3 Å². The van der Waals surface area contributed by atoms with Crippen molar-refractivity contribution in [3.05, 3.63) is 65.5 Å². The summed E-state index contributed by atoms with van der Waals surface area (Å²) in [5.74, 6) is -0.399. The highest BCUT2D eigenvalue weighted by Crippen LogP contribution is 2.39. The highest BCUT2D eigenvalue weighted by atomic mass is 19.1. The van der Waals surface area contributed by atoms with Crippen molar-refractivity contribution in [3.8, 4) is 22.5 Å². The number of ketones is 1. The van der Waals surface area contributed by atoms with Crippen LogP contribution < -0.4 is 5.73 Å². The van der Waals surface area contributed by atoms with Crippen LogP contribution in [-0.4, -0.2) is 15.8 Å². The van der Waals surface area contributed by atoms with Crippen LogP contribution in [-0.2, 0) is 0 Å². The first kappa shape index (κ1) is 12.6. The van der Waals surface area contributed by atoms with Gasteiger partial charge in [-0.25, -0.2) is 14.4 Å². The number of anilines is 1. The van der Waals surface area contributed by atoms with Gasteiger partial charge in [-0.2, -0.15) is 0 Å². The first-order valence-electron chi connectivity index (χ1n) is 6.72. The highest BCUT2D eigenvalue weighted by Gasteiger charge is 2.32. The molecule has 0 spiro atoms. The molecule has 0 aliphatic heterocycles. The zero-order chi connectivity index (χ0) is 15.3. The van der Waals surface area contributed by atoms with Crippen LogP contribution in [0.1, 0.15) is 15.9 Å². The van der Waals surface area contributed by atoms with E-state index in [0.29, 0.717) is 28.1 Å². The summed E-state index contributed by atoms with van der Waals surface area (Å²) in [6.45, 7) is 0. The summed E-state index contributed by atoms with van der Waals surface area (Å²) in [5, 5.41) is 0. The van der Waals surface area contributed by atoms with Crippen LogP contribution in [0.2, 0.25) is 0 Å². The van der Waals surface area contributed by atoms with Crippen molar-refractivity contribution in [2.24, 2.45) is 0 Å². The molecule has 5 heteroatoms. The molecule has 1 heterocycles. The molecule has 0 atom stereocenters. The summed E-state index contributed by atoms with van der Waals surface area (Å²) < 4.78 is 13.1. The summed E-state index contributed by atoms with van der Waals surface area (Å²) in [7, 11) is 0. The van der Waals surface area contributed by atoms with E-state index in [-0.39, 0.29) is 17.5 Å². The SMILES string of the molecule is Nc1nc(-c2ccc(F)cc2)c2c(n1)-c1ccccc1C2=O. The maximum Gasteiger partial charge on any atom is 0.221 e. The van der Waals surface area contributed by atoms with Crippen LogP contribution in [0.5, 0.6) is 0 Å². The number of nitrogens with two attached hydrogens (primary N) is 1. The largest absolute Gasteiger partial charge is 0.368 e. The number of aromatic nitrogens is 2. The fourth-order valence-electron chi connectivity index (χ4n) is 2.73. The van der Waals surface area contributed by atoms with Gasteiger partial charge in [-0.05, 0) is 24.3 Å². The van der Waals surface area contributed by atoms with E-state index in [4.69, 9.17) is 5.73 Å². The maximum absolute atomic E-state index is 13.1. The molecule has 1 aliphatic rings. The van der Waals surface area contributed by atoms with E-state index in [1.165, 1.54) is 12.1 Å². The number of benzene rings is 2. The zero-order valence-corrected chi connectivity index (χ0v) is 11.4. The Balaban J connectivity index is 2.03. The number of fused-ring (bicyclic) bond motifs is 3. The van der Waals surface area contributed by atoms with Crippen molar-refractivity contribution in [1.29, 1.82) is 0 Å². The third kappa shape index (κ3) is 1.72. The highest BCUT2D eigenvalue weighted by molar-refractivity contribution is 6.23. The van der Waals surface area contributed by atoms with Crippen LogP contribution in [0.15, 0.2) is 48.5 Å². The number of hydrogen-bond donors (Lipinski definition) is 1. The number of carbonyl (C=O) groups excluding carboxylic acids is 1. The molecule has 1 aromatic heterocycles. The smallest absolute Gasteiger partial charge is 0.221 e. The number of nitrogen functional groups attached to an aromatic ring is 1. The lowest BCUT2D eigenvalue weighted by atomic mass is 10.0. The number of halogens is 1. The minimum absolute atomic E-state index is 0.0857. The van der Waals surface area contributed by atoms with Crippen LogP contribution >= 0.6 is 0 Å². The fourth-order valence-corrected chi connectivity index (χ4v) is 2.73. The van der Waals surface area contributed by atoms with Gasteiger partial charge in [-0.3, -0.25) is 4.79 Å². The van der Waals surface area contributed by atoms with Gasteiger partial charge in [0.25, 0.3) is 0 Å². The van der Waals surface area contributed by atoms with E-state index >= 15 is 0 Å². The minimum Gasteiger partial charge on any atom is -0.368 e. The Bertz CT molecular complexity index is 920. The fraction of sp³-hybridized carbons (Fsp3) is 0. The molecule has 22 heavy (non-hydrogen) atoms. The summed E-state index contributed by atoms with van der Waals surface area (Å²) >= 11 is 0. The summed E-state index contributed by atoms with van der Waals surface area (Å²) in [6.07, 6.45) is 0. The summed E-state index contributed by atoms with van der Waals surface area (Å²) in [4.78, 5) is 21.1. The first-order chi connectivity index (χ1) is 10.6. The summed E-state index contributed by atoms with van der Waals surface area (Å²) in [6, 6.07) is 13.0. The van der Waals surface area contributed by atoms with E-state index < -0.39 is 0 Å². The monoisotopic (exact) mass is 291 g/mol. The molecule has 0 bridgehead atoms. The number of carbonyl (C=O) groups is 1. The van der Waals surface area contributed by atoms with E-state index in [0.717, 1.165) is 5.56 Å². The minimum atomic E-state index is -0.350. The molecule has 0 fully saturated rings. The number of rotatable bonds is 1. The summed E-state index contributed by atoms with van der Waals surface area (Å²) in [5.41, 5.74) is 9.15. The van der Waals surface area contributed by atoms with Crippen molar-refractivity contribution in [2.75, 3.05) is 5.73 Å². The van der Waals surface area contributed by atoms with Gasteiger partial charge in [0.05, 0.1) is 17.0 Å². The lowest BCUT2D eigenvalue weighted by Gasteiger charge is -2.07. The Labute approximate surface area is 125 Å². The van der Waals surface area contributed by atoms with Crippen molar-refractivity contribution < 1.29 is 9.18 Å². The second-order valence-electron chi connectivity index (χ2n) is 5.04. The first-order valence-corrected chi connectivity index (χ1v) is 6.72. The molecule has 4 nitrogen and oxygen atoms in total. The molecular formula is C17H10FN3O. The van der Waals surface area contributed by atoms with Crippen LogP contribution in [0.4, 0.5) is 10.3 Å². The third-order valence-corrected chi connectivity index (χ3v) is 3.70. The topological polar surface area (TPSA) is 68.9 Å². The van der Waals surface area contributed by atoms with Gasteiger partial charge in [0.15, 0.2) is 5.78 Å². The Morgan fingerprint density at radius 2 is 1.50 bits per heavy atom. The standard InChI is InChI=1S/C17H10FN3O/c18-10-7-5-9(6-8-10)14-13-15(21-17(19)20-14)11-3-1-2-4-12(11)16(13)22/h1-8H,(H2,19,20,21). The van der Waals surface area contributed by atoms with Gasteiger partial charge in [0, 0.05) is 16.7 Å². The van der Waals surface area contributed by atoms with E-state index in [9.17, 15) is 9.18 Å². The van der Waals surface area contributed by atoms with Crippen LogP contribution in [0.3, 0.4) is 0 Å². The van der Waals surface area contributed by atoms with Crippen LogP contribution in [0.25, 0.3) is 22.5 Å². The van der Waals surface area contributed by atoms with Crippen molar-refractivity contribution in [1.82, 2.24) is 9.97 Å². The molecule has 3 aromatic rings. The molecule has 0 radical (unpaired) electrons. The van der Waals surface area contributed by atoms with Crippen molar-refractivity contribution >= 4 is 11.7 Å².